The molecule has 1 aliphatic rings. The van der Waals surface area contributed by atoms with Crippen molar-refractivity contribution in [3.05, 3.63) is 34.7 Å². The second-order valence-corrected chi connectivity index (χ2v) is 7.51. The molecule has 0 amide bonds. The summed E-state index contributed by atoms with van der Waals surface area (Å²) < 4.78 is 1.44. The summed E-state index contributed by atoms with van der Waals surface area (Å²) in [6, 6.07) is 9.43. The van der Waals surface area contributed by atoms with E-state index in [2.05, 4.69) is 48.3 Å². The monoisotopic (exact) mass is 302 g/mol. The molecule has 0 radical (unpaired) electrons. The number of rotatable bonds is 5. The van der Waals surface area contributed by atoms with Crippen LogP contribution in [0.5, 0.6) is 0 Å². The van der Waals surface area contributed by atoms with Gasteiger partial charge in [0.1, 0.15) is 0 Å². The number of piperidine rings is 1. The SMILES string of the molecule is CC(C)NCc1sc2ccccc2c1CN1CCCCC1. The van der Waals surface area contributed by atoms with Crippen molar-refractivity contribution >= 4 is 21.4 Å². The maximum atomic E-state index is 3.59. The highest BCUT2D eigenvalue weighted by atomic mass is 32.1. The zero-order chi connectivity index (χ0) is 14.7. The Balaban J connectivity index is 1.87. The number of hydrogen-bond acceptors (Lipinski definition) is 3. The van der Waals surface area contributed by atoms with Crippen LogP contribution in [0, 0.1) is 0 Å². The average Bonchev–Trinajstić information content (AvgIpc) is 2.84. The van der Waals surface area contributed by atoms with Crippen LogP contribution in [0.3, 0.4) is 0 Å². The lowest BCUT2D eigenvalue weighted by atomic mass is 10.1. The second kappa shape index (κ2) is 6.91. The maximum Gasteiger partial charge on any atom is 0.0349 e. The fourth-order valence-corrected chi connectivity index (χ4v) is 4.27. The number of nitrogens with one attached hydrogen (secondary N) is 1. The van der Waals surface area contributed by atoms with E-state index in [1.54, 1.807) is 5.56 Å². The number of likely N-dealkylation sites (tertiary alicyclic amines) is 1. The lowest BCUT2D eigenvalue weighted by Crippen LogP contribution is -2.29. The molecule has 2 heterocycles. The number of benzene rings is 1. The van der Waals surface area contributed by atoms with Gasteiger partial charge in [-0.3, -0.25) is 4.90 Å². The van der Waals surface area contributed by atoms with Gasteiger partial charge in [-0.2, -0.15) is 0 Å². The van der Waals surface area contributed by atoms with Crippen LogP contribution in [0.4, 0.5) is 0 Å². The summed E-state index contributed by atoms with van der Waals surface area (Å²) in [4.78, 5) is 4.16. The van der Waals surface area contributed by atoms with E-state index in [-0.39, 0.29) is 0 Å². The van der Waals surface area contributed by atoms with E-state index in [9.17, 15) is 0 Å². The molecule has 3 rings (SSSR count). The zero-order valence-electron chi connectivity index (χ0n) is 13.2. The normalized spacial score (nSPS) is 16.9. The fourth-order valence-electron chi connectivity index (χ4n) is 3.10. The van der Waals surface area contributed by atoms with Crippen LogP contribution in [0.15, 0.2) is 24.3 Å². The van der Waals surface area contributed by atoms with Crippen molar-refractivity contribution in [1.29, 1.82) is 0 Å². The lowest BCUT2D eigenvalue weighted by molar-refractivity contribution is 0.221. The Morgan fingerprint density at radius 2 is 1.90 bits per heavy atom. The van der Waals surface area contributed by atoms with Crippen molar-refractivity contribution in [3.63, 3.8) is 0 Å². The Bertz CT molecular complexity index is 582. The molecule has 0 aliphatic carbocycles. The molecule has 2 nitrogen and oxygen atoms in total. The van der Waals surface area contributed by atoms with E-state index >= 15 is 0 Å². The largest absolute Gasteiger partial charge is 0.310 e. The number of thiophene rings is 1. The van der Waals surface area contributed by atoms with Gasteiger partial charge in [0.05, 0.1) is 0 Å². The predicted molar refractivity (Wildman–Crippen MR) is 92.9 cm³/mol. The number of fused-ring (bicyclic) bond motifs is 1. The molecule has 1 aliphatic heterocycles. The smallest absolute Gasteiger partial charge is 0.0349 e. The molecule has 3 heteroatoms. The molecule has 0 atom stereocenters. The minimum absolute atomic E-state index is 0.540. The van der Waals surface area contributed by atoms with Crippen LogP contribution < -0.4 is 5.32 Å². The third-order valence-corrected chi connectivity index (χ3v) is 5.50. The first-order valence-corrected chi connectivity index (χ1v) is 9.00. The molecular weight excluding hydrogens is 276 g/mol. The van der Waals surface area contributed by atoms with E-state index in [0.29, 0.717) is 6.04 Å². The third kappa shape index (κ3) is 3.65. The average molecular weight is 302 g/mol. The molecule has 1 aromatic heterocycles. The highest BCUT2D eigenvalue weighted by molar-refractivity contribution is 7.19. The van der Waals surface area contributed by atoms with Gasteiger partial charge in [0.15, 0.2) is 0 Å². The minimum Gasteiger partial charge on any atom is -0.310 e. The third-order valence-electron chi connectivity index (χ3n) is 4.28. The van der Waals surface area contributed by atoms with Gasteiger partial charge in [-0.25, -0.2) is 0 Å². The van der Waals surface area contributed by atoms with Gasteiger partial charge in [0, 0.05) is 28.7 Å². The summed E-state index contributed by atoms with van der Waals surface area (Å²) in [6.07, 6.45) is 4.13. The van der Waals surface area contributed by atoms with Gasteiger partial charge >= 0.3 is 0 Å². The van der Waals surface area contributed by atoms with Crippen molar-refractivity contribution < 1.29 is 0 Å². The molecule has 0 unspecified atom stereocenters. The molecule has 114 valence electrons. The van der Waals surface area contributed by atoms with Crippen molar-refractivity contribution in [3.8, 4) is 0 Å². The van der Waals surface area contributed by atoms with Crippen molar-refractivity contribution in [2.45, 2.75) is 52.2 Å². The summed E-state index contributed by atoms with van der Waals surface area (Å²) in [5.41, 5.74) is 1.56. The second-order valence-electron chi connectivity index (χ2n) is 6.37. The molecule has 0 bridgehead atoms. The van der Waals surface area contributed by atoms with Crippen LogP contribution in [-0.2, 0) is 13.1 Å². The Kier molecular flexibility index (Phi) is 4.94. The topological polar surface area (TPSA) is 15.3 Å². The highest BCUT2D eigenvalue weighted by Gasteiger charge is 2.17. The zero-order valence-corrected chi connectivity index (χ0v) is 14.0. The van der Waals surface area contributed by atoms with Crippen LogP contribution in [0.1, 0.15) is 43.6 Å². The van der Waals surface area contributed by atoms with Gasteiger partial charge < -0.3 is 5.32 Å². The maximum absolute atomic E-state index is 3.59. The van der Waals surface area contributed by atoms with E-state index in [4.69, 9.17) is 0 Å². The Hall–Kier alpha value is -0.900. The Morgan fingerprint density at radius 3 is 2.67 bits per heavy atom. The molecule has 0 saturated carbocycles. The molecule has 1 saturated heterocycles. The molecule has 1 aromatic carbocycles. The van der Waals surface area contributed by atoms with E-state index in [1.165, 1.54) is 47.3 Å². The molecule has 21 heavy (non-hydrogen) atoms. The van der Waals surface area contributed by atoms with Gasteiger partial charge in [0.25, 0.3) is 0 Å². The van der Waals surface area contributed by atoms with Gasteiger partial charge in [0.2, 0.25) is 0 Å². The van der Waals surface area contributed by atoms with Gasteiger partial charge in [-0.1, -0.05) is 38.5 Å². The van der Waals surface area contributed by atoms with Crippen molar-refractivity contribution in [2.75, 3.05) is 13.1 Å². The minimum atomic E-state index is 0.540. The number of hydrogen-bond donors (Lipinski definition) is 1. The fraction of sp³-hybridized carbons (Fsp3) is 0.556. The van der Waals surface area contributed by atoms with Gasteiger partial charge in [-0.05, 0) is 42.9 Å². The first kappa shape index (κ1) is 15.0. The molecular formula is C18H26N2S. The molecule has 1 N–H and O–H groups in total. The Labute approximate surface area is 132 Å². The van der Waals surface area contributed by atoms with E-state index in [0.717, 1.165) is 13.1 Å². The summed E-state index contributed by atoms with van der Waals surface area (Å²) in [7, 11) is 0. The first-order valence-electron chi connectivity index (χ1n) is 8.19. The standard InChI is InChI=1S/C18H26N2S/c1-14(2)19-12-18-16(13-20-10-6-3-7-11-20)15-8-4-5-9-17(15)21-18/h4-5,8-9,14,19H,3,6-7,10-13H2,1-2H3. The van der Waals surface area contributed by atoms with E-state index < -0.39 is 0 Å². The van der Waals surface area contributed by atoms with Crippen LogP contribution in [0.25, 0.3) is 10.1 Å². The molecule has 1 fully saturated rings. The summed E-state index contributed by atoms with van der Waals surface area (Å²) in [5.74, 6) is 0. The van der Waals surface area contributed by atoms with Crippen molar-refractivity contribution in [2.24, 2.45) is 0 Å². The van der Waals surface area contributed by atoms with Crippen molar-refractivity contribution in [1.82, 2.24) is 10.2 Å². The quantitative estimate of drug-likeness (QED) is 0.881. The van der Waals surface area contributed by atoms with Crippen LogP contribution >= 0.6 is 11.3 Å². The van der Waals surface area contributed by atoms with Crippen LogP contribution in [0.2, 0.25) is 0 Å². The number of nitrogens with zero attached hydrogens (tertiary/aromatic N) is 1. The molecule has 0 spiro atoms. The lowest BCUT2D eigenvalue weighted by Gasteiger charge is -2.26. The van der Waals surface area contributed by atoms with Crippen LogP contribution in [-0.4, -0.2) is 24.0 Å². The molecule has 2 aromatic rings. The first-order chi connectivity index (χ1) is 10.2. The van der Waals surface area contributed by atoms with E-state index in [1.807, 2.05) is 11.3 Å². The predicted octanol–water partition coefficient (Wildman–Crippen LogP) is 4.39. The summed E-state index contributed by atoms with van der Waals surface area (Å²) in [5, 5.41) is 5.06. The summed E-state index contributed by atoms with van der Waals surface area (Å²) >= 11 is 1.97. The summed E-state index contributed by atoms with van der Waals surface area (Å²) in [6.45, 7) is 9.09. The van der Waals surface area contributed by atoms with Gasteiger partial charge in [-0.15, -0.1) is 11.3 Å². The highest BCUT2D eigenvalue weighted by Crippen LogP contribution is 2.32. The Morgan fingerprint density at radius 1 is 1.14 bits per heavy atom.